The summed E-state index contributed by atoms with van der Waals surface area (Å²) < 4.78 is 77.4. The van der Waals surface area contributed by atoms with Gasteiger partial charge < -0.3 is 5.32 Å². The van der Waals surface area contributed by atoms with Crippen LogP contribution in [-0.2, 0) is 21.0 Å². The van der Waals surface area contributed by atoms with Gasteiger partial charge in [-0.2, -0.15) is 13.2 Å². The maximum Gasteiger partial charge on any atom is 0.433 e. The van der Waals surface area contributed by atoms with Crippen molar-refractivity contribution in [3.63, 3.8) is 0 Å². The van der Waals surface area contributed by atoms with Crippen molar-refractivity contribution >= 4 is 27.7 Å². The molecule has 1 aromatic carbocycles. The maximum absolute atomic E-state index is 14.1. The van der Waals surface area contributed by atoms with Crippen molar-refractivity contribution in [2.75, 3.05) is 11.0 Å². The molecule has 32 heavy (non-hydrogen) atoms. The fourth-order valence-electron chi connectivity index (χ4n) is 2.84. The fourth-order valence-corrected chi connectivity index (χ4v) is 3.41. The highest BCUT2D eigenvalue weighted by Crippen LogP contribution is 2.30. The van der Waals surface area contributed by atoms with Gasteiger partial charge in [0.1, 0.15) is 11.5 Å². The maximum atomic E-state index is 14.1. The van der Waals surface area contributed by atoms with Gasteiger partial charge in [-0.15, -0.1) is 0 Å². The summed E-state index contributed by atoms with van der Waals surface area (Å²) in [4.78, 5) is 15.9. The van der Waals surface area contributed by atoms with Crippen LogP contribution >= 0.6 is 0 Å². The van der Waals surface area contributed by atoms with Crippen molar-refractivity contribution < 1.29 is 30.8 Å². The Morgan fingerprint density at radius 1 is 1.12 bits per heavy atom. The summed E-state index contributed by atoms with van der Waals surface area (Å²) in [5.41, 5.74) is -0.258. The summed E-state index contributed by atoms with van der Waals surface area (Å²) in [6, 6.07) is 5.28. The number of hydrogen-bond donors (Lipinski definition) is 2. The zero-order valence-corrected chi connectivity index (χ0v) is 18.6. The summed E-state index contributed by atoms with van der Waals surface area (Å²) in [5.74, 6) is -1.66. The number of anilines is 1. The molecule has 1 heterocycles. The predicted molar refractivity (Wildman–Crippen MR) is 114 cm³/mol. The van der Waals surface area contributed by atoms with E-state index in [1.165, 1.54) is 24.3 Å². The zero-order valence-electron chi connectivity index (χ0n) is 17.8. The van der Waals surface area contributed by atoms with Gasteiger partial charge in [-0.05, 0) is 48.2 Å². The number of alkyl halides is 3. The van der Waals surface area contributed by atoms with Crippen LogP contribution in [0, 0.1) is 5.82 Å². The minimum absolute atomic E-state index is 0.202. The standard InChI is InChI=1S/C21H23F4N3O3S/c1-12(2)20-14(6-9-18(27-20)21(23,24)25)7-10-19(29)26-13(3)15-5-8-17(16(22)11-15)28-32(4,30)31/h5-13,28H,1-4H3,(H,26,29). The average molecular weight is 473 g/mol. The predicted octanol–water partition coefficient (Wildman–Crippen LogP) is 4.63. The molecule has 0 radical (unpaired) electrons. The van der Waals surface area contributed by atoms with E-state index in [-0.39, 0.29) is 17.3 Å². The molecule has 2 rings (SSSR count). The molecule has 0 saturated carbocycles. The van der Waals surface area contributed by atoms with Crippen molar-refractivity contribution in [3.8, 4) is 0 Å². The van der Waals surface area contributed by atoms with Gasteiger partial charge >= 0.3 is 6.18 Å². The quantitative estimate of drug-likeness (QED) is 0.454. The number of nitrogens with one attached hydrogen (secondary N) is 2. The summed E-state index contributed by atoms with van der Waals surface area (Å²) in [7, 11) is -3.64. The van der Waals surface area contributed by atoms with Crippen LogP contribution < -0.4 is 10.0 Å². The highest BCUT2D eigenvalue weighted by atomic mass is 32.2. The molecule has 0 aliphatic carbocycles. The third-order valence-electron chi connectivity index (χ3n) is 4.36. The minimum atomic E-state index is -4.57. The van der Waals surface area contributed by atoms with E-state index in [1.54, 1.807) is 20.8 Å². The Morgan fingerprint density at radius 3 is 2.31 bits per heavy atom. The molecular formula is C21H23F4N3O3S. The number of hydrogen-bond acceptors (Lipinski definition) is 4. The molecule has 2 aromatic rings. The van der Waals surface area contributed by atoms with Crippen molar-refractivity contribution in [1.29, 1.82) is 0 Å². The molecule has 0 bridgehead atoms. The van der Waals surface area contributed by atoms with Crippen molar-refractivity contribution in [3.05, 3.63) is 64.7 Å². The lowest BCUT2D eigenvalue weighted by molar-refractivity contribution is -0.141. The number of pyridine rings is 1. The van der Waals surface area contributed by atoms with Gasteiger partial charge in [0.05, 0.1) is 23.7 Å². The smallest absolute Gasteiger partial charge is 0.346 e. The number of rotatable bonds is 7. The summed E-state index contributed by atoms with van der Waals surface area (Å²) in [5, 5.41) is 2.61. The Bertz CT molecular complexity index is 1130. The molecular weight excluding hydrogens is 450 g/mol. The first-order valence-electron chi connectivity index (χ1n) is 9.51. The Labute approximate surface area is 183 Å². The highest BCUT2D eigenvalue weighted by molar-refractivity contribution is 7.92. The van der Waals surface area contributed by atoms with E-state index >= 15 is 0 Å². The molecule has 1 amide bonds. The SMILES string of the molecule is CC(C)c1nc(C(F)(F)F)ccc1C=CC(=O)NC(C)c1ccc(NS(C)(=O)=O)c(F)c1. The first-order valence-corrected chi connectivity index (χ1v) is 11.4. The lowest BCUT2D eigenvalue weighted by atomic mass is 10.0. The molecule has 0 aliphatic rings. The molecule has 0 spiro atoms. The van der Waals surface area contributed by atoms with E-state index in [0.717, 1.165) is 24.5 Å². The number of amides is 1. The van der Waals surface area contributed by atoms with E-state index < -0.39 is 39.7 Å². The molecule has 11 heteroatoms. The van der Waals surface area contributed by atoms with Gasteiger partial charge in [0.2, 0.25) is 15.9 Å². The van der Waals surface area contributed by atoms with Crippen LogP contribution in [0.1, 0.15) is 55.2 Å². The lowest BCUT2D eigenvalue weighted by Crippen LogP contribution is -2.24. The van der Waals surface area contributed by atoms with Crippen LogP contribution in [0.4, 0.5) is 23.2 Å². The number of aromatic nitrogens is 1. The number of sulfonamides is 1. The molecule has 1 aromatic heterocycles. The molecule has 6 nitrogen and oxygen atoms in total. The summed E-state index contributed by atoms with van der Waals surface area (Å²) in [6.45, 7) is 4.99. The van der Waals surface area contributed by atoms with Gasteiger partial charge in [-0.1, -0.05) is 26.0 Å². The van der Waals surface area contributed by atoms with Gasteiger partial charge in [-0.25, -0.2) is 17.8 Å². The second-order valence-electron chi connectivity index (χ2n) is 7.50. The second-order valence-corrected chi connectivity index (χ2v) is 9.25. The van der Waals surface area contributed by atoms with Crippen LogP contribution in [0.15, 0.2) is 36.4 Å². The molecule has 0 fully saturated rings. The van der Waals surface area contributed by atoms with Crippen molar-refractivity contribution in [1.82, 2.24) is 10.3 Å². The molecule has 174 valence electrons. The Morgan fingerprint density at radius 2 is 1.78 bits per heavy atom. The van der Waals surface area contributed by atoms with Gasteiger partial charge in [0.15, 0.2) is 0 Å². The van der Waals surface area contributed by atoms with Crippen molar-refractivity contribution in [2.45, 2.75) is 38.9 Å². The number of carbonyl (C=O) groups is 1. The number of benzene rings is 1. The van der Waals surface area contributed by atoms with E-state index in [4.69, 9.17) is 0 Å². The van der Waals surface area contributed by atoms with E-state index in [0.29, 0.717) is 11.1 Å². The number of carbonyl (C=O) groups excluding carboxylic acids is 1. The van der Waals surface area contributed by atoms with Gasteiger partial charge in [-0.3, -0.25) is 9.52 Å². The van der Waals surface area contributed by atoms with Crippen LogP contribution in [0.5, 0.6) is 0 Å². The molecule has 2 N–H and O–H groups in total. The zero-order chi connectivity index (χ0) is 24.3. The van der Waals surface area contributed by atoms with Crippen LogP contribution in [0.25, 0.3) is 6.08 Å². The third kappa shape index (κ3) is 7.04. The normalized spacial score (nSPS) is 13.4. The third-order valence-corrected chi connectivity index (χ3v) is 4.95. The second kappa shape index (κ2) is 9.68. The Kier molecular flexibility index (Phi) is 7.66. The Hall–Kier alpha value is -2.95. The van der Waals surface area contributed by atoms with E-state index in [2.05, 4.69) is 10.3 Å². The van der Waals surface area contributed by atoms with Crippen LogP contribution in [0.3, 0.4) is 0 Å². The minimum Gasteiger partial charge on any atom is -0.346 e. The number of halogens is 4. The highest BCUT2D eigenvalue weighted by Gasteiger charge is 2.33. The lowest BCUT2D eigenvalue weighted by Gasteiger charge is -2.15. The van der Waals surface area contributed by atoms with E-state index in [1.807, 2.05) is 4.72 Å². The van der Waals surface area contributed by atoms with Gasteiger partial charge in [0, 0.05) is 6.08 Å². The van der Waals surface area contributed by atoms with Crippen LogP contribution in [-0.4, -0.2) is 25.6 Å². The first kappa shape index (κ1) is 25.3. The topological polar surface area (TPSA) is 88.2 Å². The molecule has 0 saturated heterocycles. The number of nitrogens with zero attached hydrogens (tertiary/aromatic N) is 1. The monoisotopic (exact) mass is 473 g/mol. The van der Waals surface area contributed by atoms with E-state index in [9.17, 15) is 30.8 Å². The molecule has 1 atom stereocenters. The van der Waals surface area contributed by atoms with Gasteiger partial charge in [0.25, 0.3) is 0 Å². The first-order chi connectivity index (χ1) is 14.7. The average Bonchev–Trinajstić information content (AvgIpc) is 2.65. The fraction of sp³-hybridized carbons (Fsp3) is 0.333. The summed E-state index contributed by atoms with van der Waals surface area (Å²) >= 11 is 0. The largest absolute Gasteiger partial charge is 0.433 e. The van der Waals surface area contributed by atoms with Crippen LogP contribution in [0.2, 0.25) is 0 Å². The van der Waals surface area contributed by atoms with Crippen molar-refractivity contribution in [2.24, 2.45) is 0 Å². The summed E-state index contributed by atoms with van der Waals surface area (Å²) in [6.07, 6.45) is -1.15. The molecule has 0 aliphatic heterocycles. The molecule has 1 unspecified atom stereocenters. The Balaban J connectivity index is 2.14.